The molecule has 1 saturated carbocycles. The first-order chi connectivity index (χ1) is 7.57. The third-order valence-corrected chi connectivity index (χ3v) is 3.75. The van der Waals surface area contributed by atoms with Crippen molar-refractivity contribution in [2.75, 3.05) is 6.54 Å². The van der Waals surface area contributed by atoms with Crippen LogP contribution in [0.2, 0.25) is 0 Å². The molecule has 0 bridgehead atoms. The number of rotatable bonds is 4. The third-order valence-electron chi connectivity index (χ3n) is 3.12. The van der Waals surface area contributed by atoms with Crippen LogP contribution in [-0.4, -0.2) is 18.0 Å². The third kappa shape index (κ3) is 3.03. The predicted molar refractivity (Wildman–Crippen MR) is 71.3 cm³/mol. The molecule has 1 atom stereocenters. The molecule has 0 aromatic carbocycles. The summed E-state index contributed by atoms with van der Waals surface area (Å²) in [5.41, 5.74) is 5.41. The maximum absolute atomic E-state index is 11.9. The van der Waals surface area contributed by atoms with Crippen molar-refractivity contribution >= 4 is 34.2 Å². The van der Waals surface area contributed by atoms with E-state index in [9.17, 15) is 4.79 Å². The van der Waals surface area contributed by atoms with Crippen LogP contribution < -0.4 is 11.1 Å². The van der Waals surface area contributed by atoms with E-state index in [1.807, 2.05) is 6.92 Å². The number of carbonyl (C=O) groups excluding carboxylic acids is 1. The van der Waals surface area contributed by atoms with Gasteiger partial charge in [-0.05, 0) is 47.7 Å². The molecule has 0 radical (unpaired) electrons. The Kier molecular flexibility index (Phi) is 4.63. The fraction of sp³-hybridized carbons (Fsp3) is 0.545. The van der Waals surface area contributed by atoms with E-state index in [0.717, 1.165) is 12.8 Å². The van der Waals surface area contributed by atoms with Crippen molar-refractivity contribution in [1.82, 2.24) is 5.32 Å². The lowest BCUT2D eigenvalue weighted by molar-refractivity contribution is 0.0868. The number of furan rings is 1. The molecule has 0 aliphatic heterocycles. The van der Waals surface area contributed by atoms with Gasteiger partial charge in [-0.2, -0.15) is 0 Å². The molecule has 1 aromatic heterocycles. The number of hydrogen-bond donors (Lipinski definition) is 2. The van der Waals surface area contributed by atoms with Crippen LogP contribution in [-0.2, 0) is 0 Å². The van der Waals surface area contributed by atoms with Crippen LogP contribution in [0.25, 0.3) is 0 Å². The van der Waals surface area contributed by atoms with Gasteiger partial charge in [0.15, 0.2) is 0 Å². The van der Waals surface area contributed by atoms with Gasteiger partial charge in [-0.3, -0.25) is 4.79 Å². The molecule has 6 heteroatoms. The van der Waals surface area contributed by atoms with Crippen LogP contribution in [0.3, 0.4) is 0 Å². The van der Waals surface area contributed by atoms with Crippen molar-refractivity contribution in [2.24, 2.45) is 11.7 Å². The minimum absolute atomic E-state index is 0. The van der Waals surface area contributed by atoms with E-state index in [2.05, 4.69) is 21.2 Å². The summed E-state index contributed by atoms with van der Waals surface area (Å²) in [4.78, 5) is 11.9. The molecule has 1 unspecified atom stereocenters. The van der Waals surface area contributed by atoms with E-state index >= 15 is 0 Å². The van der Waals surface area contributed by atoms with Crippen molar-refractivity contribution in [3.63, 3.8) is 0 Å². The summed E-state index contributed by atoms with van der Waals surface area (Å²) in [5.74, 6) is 0.590. The molecule has 0 spiro atoms. The van der Waals surface area contributed by atoms with Gasteiger partial charge in [-0.25, -0.2) is 0 Å². The Morgan fingerprint density at radius 2 is 2.35 bits per heavy atom. The summed E-state index contributed by atoms with van der Waals surface area (Å²) < 4.78 is 5.78. The summed E-state index contributed by atoms with van der Waals surface area (Å²) in [5, 5.41) is 2.96. The largest absolute Gasteiger partial charge is 0.458 e. The fourth-order valence-electron chi connectivity index (χ4n) is 1.81. The molecule has 2 rings (SSSR count). The quantitative estimate of drug-likeness (QED) is 0.893. The predicted octanol–water partition coefficient (Wildman–Crippen LogP) is 2.32. The first-order valence-corrected chi connectivity index (χ1v) is 6.11. The van der Waals surface area contributed by atoms with E-state index in [1.165, 1.54) is 6.26 Å². The molecule has 17 heavy (non-hydrogen) atoms. The van der Waals surface area contributed by atoms with Gasteiger partial charge in [0.1, 0.15) is 0 Å². The number of nitrogens with one attached hydrogen (secondary N) is 1. The molecule has 96 valence electrons. The second kappa shape index (κ2) is 5.42. The van der Waals surface area contributed by atoms with Crippen LogP contribution in [0.4, 0.5) is 0 Å². The number of amides is 1. The topological polar surface area (TPSA) is 68.3 Å². The molecule has 1 aromatic rings. The van der Waals surface area contributed by atoms with Crippen molar-refractivity contribution in [3.05, 3.63) is 22.6 Å². The molecule has 1 aliphatic rings. The molecule has 1 aliphatic carbocycles. The van der Waals surface area contributed by atoms with Gasteiger partial charge in [0.2, 0.25) is 5.76 Å². The Bertz CT molecular complexity index is 406. The van der Waals surface area contributed by atoms with Crippen molar-refractivity contribution in [2.45, 2.75) is 25.3 Å². The van der Waals surface area contributed by atoms with Gasteiger partial charge in [0, 0.05) is 6.54 Å². The van der Waals surface area contributed by atoms with Crippen LogP contribution in [0, 0.1) is 5.92 Å². The van der Waals surface area contributed by atoms with Crippen molar-refractivity contribution < 1.29 is 9.21 Å². The van der Waals surface area contributed by atoms with Gasteiger partial charge in [0.25, 0.3) is 5.91 Å². The molecule has 3 N–H and O–H groups in total. The van der Waals surface area contributed by atoms with Crippen LogP contribution in [0.5, 0.6) is 0 Å². The zero-order valence-corrected chi connectivity index (χ0v) is 11.9. The van der Waals surface area contributed by atoms with Gasteiger partial charge in [0.05, 0.1) is 16.3 Å². The zero-order valence-electron chi connectivity index (χ0n) is 9.53. The summed E-state index contributed by atoms with van der Waals surface area (Å²) in [6.07, 6.45) is 3.75. The first kappa shape index (κ1) is 14.5. The highest BCUT2D eigenvalue weighted by molar-refractivity contribution is 9.10. The second-order valence-electron chi connectivity index (χ2n) is 4.45. The minimum atomic E-state index is -0.316. The average Bonchev–Trinajstić information content (AvgIpc) is 3.02. The first-order valence-electron chi connectivity index (χ1n) is 5.32. The maximum Gasteiger partial charge on any atom is 0.288 e. The van der Waals surface area contributed by atoms with Crippen LogP contribution in [0.15, 0.2) is 21.2 Å². The van der Waals surface area contributed by atoms with Crippen molar-refractivity contribution in [1.29, 1.82) is 0 Å². The number of hydrogen-bond acceptors (Lipinski definition) is 3. The Hall–Kier alpha value is -0.520. The SMILES string of the molecule is CC(CN)(NC(=O)c1occc1Br)C1CC1.Cl. The minimum Gasteiger partial charge on any atom is -0.458 e. The molecule has 1 fully saturated rings. The van der Waals surface area contributed by atoms with E-state index in [-0.39, 0.29) is 23.9 Å². The Labute approximate surface area is 115 Å². The number of carbonyl (C=O) groups is 1. The Morgan fingerprint density at radius 3 is 2.76 bits per heavy atom. The monoisotopic (exact) mass is 322 g/mol. The smallest absolute Gasteiger partial charge is 0.288 e. The lowest BCUT2D eigenvalue weighted by Gasteiger charge is -2.29. The molecule has 0 saturated heterocycles. The Balaban J connectivity index is 0.00000144. The van der Waals surface area contributed by atoms with Crippen LogP contribution >= 0.6 is 28.3 Å². The molecule has 4 nitrogen and oxygen atoms in total. The maximum atomic E-state index is 11.9. The van der Waals surface area contributed by atoms with Gasteiger partial charge in [-0.15, -0.1) is 12.4 Å². The highest BCUT2D eigenvalue weighted by Crippen LogP contribution is 2.39. The lowest BCUT2D eigenvalue weighted by Crippen LogP contribution is -2.53. The van der Waals surface area contributed by atoms with E-state index in [1.54, 1.807) is 6.07 Å². The summed E-state index contributed by atoms with van der Waals surface area (Å²) in [6.45, 7) is 2.43. The standard InChI is InChI=1S/C11H15BrN2O2.ClH/c1-11(6-13,7-2-3-7)14-10(15)9-8(12)4-5-16-9;/h4-5,7H,2-3,6,13H2,1H3,(H,14,15);1H. The van der Waals surface area contributed by atoms with E-state index < -0.39 is 0 Å². The summed E-state index contributed by atoms with van der Waals surface area (Å²) >= 11 is 3.26. The highest BCUT2D eigenvalue weighted by atomic mass is 79.9. The Morgan fingerprint density at radius 1 is 1.71 bits per heavy atom. The van der Waals surface area contributed by atoms with E-state index in [4.69, 9.17) is 10.2 Å². The molecule has 1 amide bonds. The number of nitrogens with two attached hydrogens (primary N) is 1. The second-order valence-corrected chi connectivity index (χ2v) is 5.30. The number of halogens is 2. The molecule has 1 heterocycles. The van der Waals surface area contributed by atoms with Gasteiger partial charge in [-0.1, -0.05) is 0 Å². The fourth-order valence-corrected chi connectivity index (χ4v) is 2.19. The summed E-state index contributed by atoms with van der Waals surface area (Å²) in [6, 6.07) is 1.70. The van der Waals surface area contributed by atoms with Crippen LogP contribution in [0.1, 0.15) is 30.3 Å². The van der Waals surface area contributed by atoms with Crippen molar-refractivity contribution in [3.8, 4) is 0 Å². The highest BCUT2D eigenvalue weighted by Gasteiger charge is 2.42. The zero-order chi connectivity index (χ0) is 11.8. The molecular weight excluding hydrogens is 307 g/mol. The van der Waals surface area contributed by atoms with Gasteiger partial charge < -0.3 is 15.5 Å². The molecular formula is C11H16BrClN2O2. The average molecular weight is 324 g/mol. The summed E-state index contributed by atoms with van der Waals surface area (Å²) in [7, 11) is 0. The normalized spacial score (nSPS) is 18.1. The van der Waals surface area contributed by atoms with Gasteiger partial charge >= 0.3 is 0 Å². The lowest BCUT2D eigenvalue weighted by atomic mass is 9.96. The van der Waals surface area contributed by atoms with E-state index in [0.29, 0.717) is 22.7 Å².